The van der Waals surface area contributed by atoms with Crippen LogP contribution in [0.5, 0.6) is 11.5 Å². The molecule has 8 nitrogen and oxygen atoms in total. The molecule has 0 bridgehead atoms. The van der Waals surface area contributed by atoms with Crippen molar-refractivity contribution in [1.29, 1.82) is 0 Å². The van der Waals surface area contributed by atoms with E-state index in [9.17, 15) is 19.8 Å². The maximum Gasteiger partial charge on any atom is 0.199 e. The van der Waals surface area contributed by atoms with Gasteiger partial charge in [0.25, 0.3) is 0 Å². The summed E-state index contributed by atoms with van der Waals surface area (Å²) < 4.78 is 1.48. The summed E-state index contributed by atoms with van der Waals surface area (Å²) in [5, 5.41) is 20.6. The standard InChI is InChI=1S/2C24H19BrN2O2/c2*1-15-22(24(29)19-14-18(25)7-8-21(19)28)23(17-9-11-26-12-10-17)20(27-15)13-16-5-3-2-4-6-16/h2*2-12,14,27-28H,13H2,1H3. The molecule has 10 heteroatoms. The number of H-pyrrole nitrogens is 2. The van der Waals surface area contributed by atoms with E-state index in [2.05, 4.69) is 76.1 Å². The Kier molecular flexibility index (Phi) is 12.3. The zero-order valence-corrected chi connectivity index (χ0v) is 34.8. The summed E-state index contributed by atoms with van der Waals surface area (Å²) in [6.07, 6.45) is 8.20. The summed E-state index contributed by atoms with van der Waals surface area (Å²) in [6.45, 7) is 3.78. The topological polar surface area (TPSA) is 132 Å². The third-order valence-electron chi connectivity index (χ3n) is 9.78. The number of aromatic amines is 2. The fourth-order valence-corrected chi connectivity index (χ4v) is 7.86. The van der Waals surface area contributed by atoms with E-state index in [1.54, 1.807) is 49.1 Å². The van der Waals surface area contributed by atoms with Crippen LogP contribution in [-0.2, 0) is 12.8 Å². The quantitative estimate of drug-likeness (QED) is 0.101. The van der Waals surface area contributed by atoms with Crippen molar-refractivity contribution in [3.8, 4) is 33.8 Å². The zero-order chi connectivity index (χ0) is 40.8. The normalized spacial score (nSPS) is 10.8. The molecule has 8 aromatic rings. The van der Waals surface area contributed by atoms with Crippen molar-refractivity contribution in [1.82, 2.24) is 19.9 Å². The van der Waals surface area contributed by atoms with Crippen molar-refractivity contribution >= 4 is 43.4 Å². The van der Waals surface area contributed by atoms with Crippen LogP contribution in [0.3, 0.4) is 0 Å². The zero-order valence-electron chi connectivity index (χ0n) is 31.6. The first-order valence-corrected chi connectivity index (χ1v) is 20.1. The van der Waals surface area contributed by atoms with Crippen molar-refractivity contribution in [3.63, 3.8) is 0 Å². The molecule has 4 N–H and O–H groups in total. The maximum absolute atomic E-state index is 13.5. The summed E-state index contributed by atoms with van der Waals surface area (Å²) in [7, 11) is 0. The van der Waals surface area contributed by atoms with Gasteiger partial charge in [0.2, 0.25) is 0 Å². The van der Waals surface area contributed by atoms with Crippen LogP contribution in [0.2, 0.25) is 0 Å². The Labute approximate surface area is 353 Å². The minimum Gasteiger partial charge on any atom is -0.507 e. The Bertz CT molecular complexity index is 2530. The highest BCUT2D eigenvalue weighted by molar-refractivity contribution is 9.10. The molecule has 0 saturated heterocycles. The summed E-state index contributed by atoms with van der Waals surface area (Å²) in [6, 6.07) is 37.6. The molecule has 0 unspecified atom stereocenters. The van der Waals surface area contributed by atoms with Crippen LogP contribution in [-0.4, -0.2) is 41.7 Å². The third kappa shape index (κ3) is 8.78. The molecule has 288 valence electrons. The molecule has 4 heterocycles. The number of hydrogen-bond donors (Lipinski definition) is 4. The number of pyridine rings is 2. The molecule has 0 fully saturated rings. The summed E-state index contributed by atoms with van der Waals surface area (Å²) in [5.41, 5.74) is 10.9. The largest absolute Gasteiger partial charge is 0.507 e. The highest BCUT2D eigenvalue weighted by atomic mass is 79.9. The van der Waals surface area contributed by atoms with Gasteiger partial charge in [0, 0.05) is 80.5 Å². The van der Waals surface area contributed by atoms with Gasteiger partial charge in [-0.2, -0.15) is 0 Å². The van der Waals surface area contributed by atoms with Crippen LogP contribution in [0.25, 0.3) is 22.3 Å². The number of hydrogen-bond acceptors (Lipinski definition) is 6. The van der Waals surface area contributed by atoms with E-state index in [1.165, 1.54) is 12.1 Å². The SMILES string of the molecule is Cc1[nH]c(Cc2ccccc2)c(-c2ccncc2)c1C(=O)c1cc(Br)ccc1O.Cc1[nH]c(Cc2ccccc2)c(-c2ccncc2)c1C(=O)c1cc(Br)ccc1O. The number of aromatic nitrogens is 4. The number of phenolic OH excluding ortho intramolecular Hbond substituents is 2. The molecule has 0 aliphatic rings. The second kappa shape index (κ2) is 17.8. The number of carbonyl (C=O) groups excluding carboxylic acids is 2. The molecule has 0 atom stereocenters. The molecule has 0 amide bonds. The Morgan fingerprint density at radius 3 is 1.26 bits per heavy atom. The lowest BCUT2D eigenvalue weighted by atomic mass is 9.93. The summed E-state index contributed by atoms with van der Waals surface area (Å²) >= 11 is 6.78. The highest BCUT2D eigenvalue weighted by Crippen LogP contribution is 2.37. The first kappa shape index (κ1) is 39.9. The Balaban J connectivity index is 0.000000177. The van der Waals surface area contributed by atoms with Crippen LogP contribution >= 0.6 is 31.9 Å². The highest BCUT2D eigenvalue weighted by Gasteiger charge is 2.27. The molecule has 8 rings (SSSR count). The van der Waals surface area contributed by atoms with Gasteiger partial charge >= 0.3 is 0 Å². The van der Waals surface area contributed by atoms with Gasteiger partial charge in [0.15, 0.2) is 11.6 Å². The van der Waals surface area contributed by atoms with Crippen LogP contribution in [0, 0.1) is 13.8 Å². The fraction of sp³-hybridized carbons (Fsp3) is 0.0833. The number of benzene rings is 4. The van der Waals surface area contributed by atoms with Crippen molar-refractivity contribution in [3.05, 3.63) is 211 Å². The summed E-state index contributed by atoms with van der Waals surface area (Å²) in [5.74, 6) is -0.513. The van der Waals surface area contributed by atoms with E-state index >= 15 is 0 Å². The van der Waals surface area contributed by atoms with Gasteiger partial charge in [-0.15, -0.1) is 0 Å². The number of nitrogens with zero attached hydrogens (tertiary/aromatic N) is 2. The van der Waals surface area contributed by atoms with E-state index in [1.807, 2.05) is 74.5 Å². The molecule has 0 aliphatic heterocycles. The molecular weight excluding hydrogens is 856 g/mol. The van der Waals surface area contributed by atoms with Gasteiger partial charge < -0.3 is 20.2 Å². The van der Waals surface area contributed by atoms with E-state index < -0.39 is 0 Å². The lowest BCUT2D eigenvalue weighted by molar-refractivity contribution is 0.102. The van der Waals surface area contributed by atoms with Crippen LogP contribution in [0.15, 0.2) is 155 Å². The Morgan fingerprint density at radius 1 is 0.534 bits per heavy atom. The molecule has 58 heavy (non-hydrogen) atoms. The Hall–Kier alpha value is -6.36. The number of ketones is 2. The molecule has 4 aromatic carbocycles. The minimum absolute atomic E-state index is 0.0379. The van der Waals surface area contributed by atoms with Gasteiger partial charge in [0.1, 0.15) is 11.5 Å². The van der Waals surface area contributed by atoms with E-state index in [-0.39, 0.29) is 34.2 Å². The van der Waals surface area contributed by atoms with Gasteiger partial charge in [0.05, 0.1) is 22.3 Å². The maximum atomic E-state index is 13.5. The third-order valence-corrected chi connectivity index (χ3v) is 10.8. The number of phenols is 2. The Morgan fingerprint density at radius 2 is 0.897 bits per heavy atom. The second-order valence-electron chi connectivity index (χ2n) is 13.7. The molecule has 0 aliphatic carbocycles. The lowest BCUT2D eigenvalue weighted by Crippen LogP contribution is -2.05. The summed E-state index contributed by atoms with van der Waals surface area (Å²) in [4.78, 5) is 42.0. The van der Waals surface area contributed by atoms with E-state index in [0.717, 1.165) is 65.1 Å². The van der Waals surface area contributed by atoms with Crippen molar-refractivity contribution in [2.45, 2.75) is 26.7 Å². The van der Waals surface area contributed by atoms with Crippen LogP contribution in [0.1, 0.15) is 65.7 Å². The minimum atomic E-state index is -0.219. The van der Waals surface area contributed by atoms with Gasteiger partial charge in [-0.05, 0) is 96.8 Å². The molecule has 0 saturated carbocycles. The average Bonchev–Trinajstić information content (AvgIpc) is 3.75. The molecule has 0 radical (unpaired) electrons. The predicted octanol–water partition coefficient (Wildman–Crippen LogP) is 11.4. The average molecular weight is 895 g/mol. The fourth-order valence-electron chi connectivity index (χ4n) is 7.14. The molecule has 0 spiro atoms. The first-order valence-electron chi connectivity index (χ1n) is 18.5. The number of nitrogens with one attached hydrogen (secondary N) is 2. The number of carbonyl (C=O) groups is 2. The monoisotopic (exact) mass is 892 g/mol. The van der Waals surface area contributed by atoms with Crippen LogP contribution in [0.4, 0.5) is 0 Å². The van der Waals surface area contributed by atoms with Crippen molar-refractivity contribution < 1.29 is 19.8 Å². The number of halogens is 2. The second-order valence-corrected chi connectivity index (χ2v) is 15.6. The first-order chi connectivity index (χ1) is 28.1. The van der Waals surface area contributed by atoms with Gasteiger partial charge in [-0.1, -0.05) is 92.5 Å². The number of aromatic hydroxyl groups is 2. The van der Waals surface area contributed by atoms with E-state index in [4.69, 9.17) is 0 Å². The van der Waals surface area contributed by atoms with E-state index in [0.29, 0.717) is 24.0 Å². The van der Waals surface area contributed by atoms with Crippen molar-refractivity contribution in [2.24, 2.45) is 0 Å². The lowest BCUT2D eigenvalue weighted by Gasteiger charge is -2.10. The number of aryl methyl sites for hydroxylation is 2. The molecular formula is C48H38Br2N4O4. The molecule has 4 aromatic heterocycles. The predicted molar refractivity (Wildman–Crippen MR) is 234 cm³/mol. The smallest absolute Gasteiger partial charge is 0.199 e. The number of rotatable bonds is 10. The van der Waals surface area contributed by atoms with Gasteiger partial charge in [-0.3, -0.25) is 19.6 Å². The van der Waals surface area contributed by atoms with Crippen LogP contribution < -0.4 is 0 Å². The van der Waals surface area contributed by atoms with Crippen molar-refractivity contribution in [2.75, 3.05) is 0 Å². The van der Waals surface area contributed by atoms with Gasteiger partial charge in [-0.25, -0.2) is 0 Å².